The third-order valence-electron chi connectivity index (χ3n) is 3.95. The van der Waals surface area contributed by atoms with E-state index in [-0.39, 0.29) is 24.2 Å². The minimum Gasteiger partial charge on any atom is -0.337 e. The van der Waals surface area contributed by atoms with Crippen LogP contribution in [0.1, 0.15) is 37.0 Å². The second-order valence-electron chi connectivity index (χ2n) is 6.11. The quantitative estimate of drug-likeness (QED) is 0.834. The van der Waals surface area contributed by atoms with E-state index in [0.29, 0.717) is 17.7 Å². The Hall–Kier alpha value is -1.24. The van der Waals surface area contributed by atoms with E-state index >= 15 is 0 Å². The first-order chi connectivity index (χ1) is 10.9. The fraction of sp³-hybridized carbons (Fsp3) is 0.529. The summed E-state index contributed by atoms with van der Waals surface area (Å²) in [6, 6.07) is 7.08. The maximum atomic E-state index is 12.5. The Bertz CT molecular complexity index is 575. The van der Waals surface area contributed by atoms with Crippen molar-refractivity contribution >= 4 is 41.7 Å². The van der Waals surface area contributed by atoms with Gasteiger partial charge in [-0.2, -0.15) is 11.8 Å². The van der Waals surface area contributed by atoms with Gasteiger partial charge in [0.15, 0.2) is 0 Å². The molecule has 134 valence electrons. The van der Waals surface area contributed by atoms with Crippen molar-refractivity contribution in [2.45, 2.75) is 32.2 Å². The van der Waals surface area contributed by atoms with E-state index in [2.05, 4.69) is 5.32 Å². The first-order valence-corrected chi connectivity index (χ1v) is 9.17. The molecule has 5 nitrogen and oxygen atoms in total. The molecule has 0 spiro atoms. The topological polar surface area (TPSA) is 75.4 Å². The number of nitrogens with zero attached hydrogens (tertiary/aromatic N) is 1. The second kappa shape index (κ2) is 9.30. The third kappa shape index (κ3) is 5.40. The summed E-state index contributed by atoms with van der Waals surface area (Å²) in [6.45, 7) is 5.27. The van der Waals surface area contributed by atoms with Crippen LogP contribution in [0.5, 0.6) is 0 Å². The van der Waals surface area contributed by atoms with E-state index in [4.69, 9.17) is 5.73 Å². The van der Waals surface area contributed by atoms with Crippen LogP contribution < -0.4 is 11.1 Å². The molecule has 0 aromatic heterocycles. The molecular formula is C17H26ClN3O2S. The average molecular weight is 372 g/mol. The molecule has 1 heterocycles. The van der Waals surface area contributed by atoms with Gasteiger partial charge in [-0.1, -0.05) is 19.4 Å². The number of rotatable bonds is 5. The lowest BCUT2D eigenvalue weighted by molar-refractivity contribution is -0.120. The number of hydrogen-bond acceptors (Lipinski definition) is 4. The smallest absolute Gasteiger partial charge is 0.253 e. The Kier molecular flexibility index (Phi) is 8.06. The lowest BCUT2D eigenvalue weighted by Crippen LogP contribution is -2.48. The van der Waals surface area contributed by atoms with Crippen molar-refractivity contribution in [3.8, 4) is 0 Å². The van der Waals surface area contributed by atoms with E-state index in [0.717, 1.165) is 31.0 Å². The number of carbonyl (C=O) groups is 2. The molecular weight excluding hydrogens is 346 g/mol. The largest absolute Gasteiger partial charge is 0.337 e. The van der Waals surface area contributed by atoms with Crippen molar-refractivity contribution in [1.82, 2.24) is 4.90 Å². The van der Waals surface area contributed by atoms with Crippen LogP contribution in [0.2, 0.25) is 0 Å². The molecule has 0 radical (unpaired) electrons. The highest BCUT2D eigenvalue weighted by molar-refractivity contribution is 7.99. The molecule has 1 aromatic rings. The Morgan fingerprint density at radius 2 is 2.00 bits per heavy atom. The van der Waals surface area contributed by atoms with Crippen LogP contribution in [0.4, 0.5) is 5.69 Å². The van der Waals surface area contributed by atoms with E-state index in [9.17, 15) is 9.59 Å². The highest BCUT2D eigenvalue weighted by Crippen LogP contribution is 2.18. The zero-order chi connectivity index (χ0) is 16.9. The summed E-state index contributed by atoms with van der Waals surface area (Å²) in [6.07, 6.45) is 1.45. The number of nitrogens with two attached hydrogens (primary N) is 1. The predicted octanol–water partition coefficient (Wildman–Crippen LogP) is 2.75. The normalized spacial score (nSPS) is 16.7. The number of hydrogen-bond donors (Lipinski definition) is 2. The third-order valence-corrected chi connectivity index (χ3v) is 4.90. The van der Waals surface area contributed by atoms with Gasteiger partial charge in [-0.15, -0.1) is 12.4 Å². The van der Waals surface area contributed by atoms with Gasteiger partial charge in [-0.25, -0.2) is 0 Å². The zero-order valence-electron chi connectivity index (χ0n) is 14.2. The molecule has 2 rings (SSSR count). The molecule has 1 aromatic carbocycles. The summed E-state index contributed by atoms with van der Waals surface area (Å²) in [5.74, 6) is 1.75. The number of carbonyl (C=O) groups excluding carboxylic acids is 2. The van der Waals surface area contributed by atoms with Crippen LogP contribution in [0, 0.1) is 0 Å². The van der Waals surface area contributed by atoms with Crippen molar-refractivity contribution in [2.24, 2.45) is 5.73 Å². The number of halogens is 1. The van der Waals surface area contributed by atoms with Gasteiger partial charge in [-0.3, -0.25) is 9.59 Å². The Labute approximate surface area is 154 Å². The standard InChI is InChI=1S/C17H25N3O2S.ClH/c1-3-7-17(2,18)16(22)19-14-6-4-5-13(12-14)15(21)20-8-10-23-11-9-20;/h4-6,12H,3,7-11,18H2,1-2H3,(H,19,22);1H. The van der Waals surface area contributed by atoms with Crippen molar-refractivity contribution < 1.29 is 9.59 Å². The monoisotopic (exact) mass is 371 g/mol. The molecule has 24 heavy (non-hydrogen) atoms. The molecule has 3 N–H and O–H groups in total. The van der Waals surface area contributed by atoms with Gasteiger partial charge in [0, 0.05) is 35.8 Å². The molecule has 1 atom stereocenters. The summed E-state index contributed by atoms with van der Waals surface area (Å²) >= 11 is 1.87. The summed E-state index contributed by atoms with van der Waals surface area (Å²) in [5, 5.41) is 2.83. The number of amides is 2. The van der Waals surface area contributed by atoms with Crippen molar-refractivity contribution in [2.75, 3.05) is 29.9 Å². The first kappa shape index (κ1) is 20.8. The molecule has 1 unspecified atom stereocenters. The number of anilines is 1. The minimum atomic E-state index is -0.904. The Morgan fingerprint density at radius 1 is 1.33 bits per heavy atom. The number of nitrogens with one attached hydrogen (secondary N) is 1. The molecule has 0 bridgehead atoms. The van der Waals surface area contributed by atoms with Crippen LogP contribution in [-0.4, -0.2) is 46.8 Å². The van der Waals surface area contributed by atoms with Gasteiger partial charge in [0.05, 0.1) is 5.54 Å². The van der Waals surface area contributed by atoms with Gasteiger partial charge in [0.2, 0.25) is 5.91 Å². The van der Waals surface area contributed by atoms with Gasteiger partial charge < -0.3 is 16.0 Å². The predicted molar refractivity (Wildman–Crippen MR) is 103 cm³/mol. The Balaban J connectivity index is 0.00000288. The molecule has 1 fully saturated rings. The molecule has 2 amide bonds. The van der Waals surface area contributed by atoms with Crippen molar-refractivity contribution in [3.63, 3.8) is 0 Å². The van der Waals surface area contributed by atoms with Crippen LogP contribution in [0.3, 0.4) is 0 Å². The lowest BCUT2D eigenvalue weighted by Gasteiger charge is -2.27. The van der Waals surface area contributed by atoms with Crippen LogP contribution in [0.15, 0.2) is 24.3 Å². The van der Waals surface area contributed by atoms with Gasteiger partial charge in [-0.05, 0) is 31.5 Å². The molecule has 1 aliphatic heterocycles. The maximum Gasteiger partial charge on any atom is 0.253 e. The lowest BCUT2D eigenvalue weighted by atomic mass is 9.96. The van der Waals surface area contributed by atoms with Gasteiger partial charge >= 0.3 is 0 Å². The molecule has 1 saturated heterocycles. The van der Waals surface area contributed by atoms with E-state index in [1.807, 2.05) is 23.6 Å². The van der Waals surface area contributed by atoms with Crippen molar-refractivity contribution in [3.05, 3.63) is 29.8 Å². The second-order valence-corrected chi connectivity index (χ2v) is 7.33. The summed E-state index contributed by atoms with van der Waals surface area (Å²) in [5.41, 5.74) is 6.35. The molecule has 7 heteroatoms. The summed E-state index contributed by atoms with van der Waals surface area (Å²) in [7, 11) is 0. The zero-order valence-corrected chi connectivity index (χ0v) is 15.8. The van der Waals surface area contributed by atoms with Gasteiger partial charge in [0.1, 0.15) is 0 Å². The minimum absolute atomic E-state index is 0. The average Bonchev–Trinajstić information content (AvgIpc) is 2.55. The molecule has 1 aliphatic rings. The highest BCUT2D eigenvalue weighted by Gasteiger charge is 2.27. The van der Waals surface area contributed by atoms with E-state index in [1.165, 1.54) is 0 Å². The molecule has 0 aliphatic carbocycles. The Morgan fingerprint density at radius 3 is 2.62 bits per heavy atom. The fourth-order valence-corrected chi connectivity index (χ4v) is 3.49. The molecule has 0 saturated carbocycles. The van der Waals surface area contributed by atoms with Crippen LogP contribution >= 0.6 is 24.2 Å². The maximum absolute atomic E-state index is 12.5. The van der Waals surface area contributed by atoms with Crippen LogP contribution in [-0.2, 0) is 4.79 Å². The first-order valence-electron chi connectivity index (χ1n) is 8.01. The SMILES string of the molecule is CCCC(C)(N)C(=O)Nc1cccc(C(=O)N2CCSCC2)c1.Cl. The van der Waals surface area contributed by atoms with Crippen molar-refractivity contribution in [1.29, 1.82) is 0 Å². The summed E-state index contributed by atoms with van der Waals surface area (Å²) < 4.78 is 0. The summed E-state index contributed by atoms with van der Waals surface area (Å²) in [4.78, 5) is 26.7. The fourth-order valence-electron chi connectivity index (χ4n) is 2.59. The van der Waals surface area contributed by atoms with E-state index < -0.39 is 5.54 Å². The van der Waals surface area contributed by atoms with Crippen LogP contribution in [0.25, 0.3) is 0 Å². The number of thioether (sulfide) groups is 1. The highest BCUT2D eigenvalue weighted by atomic mass is 35.5. The number of benzene rings is 1. The van der Waals surface area contributed by atoms with E-state index in [1.54, 1.807) is 31.2 Å². The van der Waals surface area contributed by atoms with Gasteiger partial charge in [0.25, 0.3) is 5.91 Å².